The number of hydrogen-bond donors (Lipinski definition) is 0. The number of halogens is 2. The average Bonchev–Trinajstić information content (AvgIpc) is 3.44. The van der Waals surface area contributed by atoms with Crippen molar-refractivity contribution >= 4 is 45.1 Å². The van der Waals surface area contributed by atoms with Crippen LogP contribution in [0.4, 0.5) is 10.2 Å². The molecule has 0 unspecified atom stereocenters. The minimum atomic E-state index is -0.498. The van der Waals surface area contributed by atoms with Crippen LogP contribution in [0, 0.1) is 12.4 Å². The van der Waals surface area contributed by atoms with Crippen molar-refractivity contribution in [2.45, 2.75) is 24.9 Å². The maximum absolute atomic E-state index is 14.5. The molecule has 43 heavy (non-hydrogen) atoms. The number of rotatable bonds is 7. The number of ether oxygens (including phenoxy) is 1. The smallest absolute Gasteiger partial charge is 0.320 e. The molecule has 0 radical (unpaired) electrons. The minimum absolute atomic E-state index is 0.0425. The lowest BCUT2D eigenvalue weighted by molar-refractivity contribution is -0.128. The summed E-state index contributed by atoms with van der Waals surface area (Å²) in [6.07, 6.45) is 3.44. The topological polar surface area (TPSA) is 79.1 Å². The van der Waals surface area contributed by atoms with Crippen LogP contribution in [0.1, 0.15) is 12.8 Å². The van der Waals surface area contributed by atoms with Crippen LogP contribution >= 0.6 is 11.6 Å². The third kappa shape index (κ3) is 5.58. The molecule has 0 aliphatic carbocycles. The third-order valence-electron chi connectivity index (χ3n) is 8.35. The summed E-state index contributed by atoms with van der Waals surface area (Å²) >= 11 is 6.44. The maximum atomic E-state index is 14.5. The van der Waals surface area contributed by atoms with E-state index in [2.05, 4.69) is 28.3 Å². The minimum Gasteiger partial charge on any atom is -0.462 e. The highest BCUT2D eigenvalue weighted by Crippen LogP contribution is 2.36. The van der Waals surface area contributed by atoms with Crippen LogP contribution in [-0.4, -0.2) is 89.1 Å². The molecule has 2 aliphatic heterocycles. The first-order valence-electron chi connectivity index (χ1n) is 14.3. The first-order chi connectivity index (χ1) is 20.9. The number of fused-ring (bicyclic) bond motifs is 2. The van der Waals surface area contributed by atoms with Crippen molar-refractivity contribution in [3.63, 3.8) is 0 Å². The fourth-order valence-electron chi connectivity index (χ4n) is 6.03. The highest BCUT2D eigenvalue weighted by molar-refractivity contribution is 6.36. The van der Waals surface area contributed by atoms with Gasteiger partial charge in [0.1, 0.15) is 24.3 Å². The number of likely N-dealkylation sites (N-methyl/N-ethyl adjacent to an activating group) is 1. The Labute approximate surface area is 254 Å². The van der Waals surface area contributed by atoms with E-state index in [1.165, 1.54) is 12.1 Å². The summed E-state index contributed by atoms with van der Waals surface area (Å²) in [6, 6.07) is 12.6. The fourth-order valence-corrected chi connectivity index (χ4v) is 6.30. The van der Waals surface area contributed by atoms with Gasteiger partial charge in [-0.25, -0.2) is 15.9 Å². The molecule has 2 aromatic carbocycles. The molecular formula is C32H31ClFN7O2. The Bertz CT molecular complexity index is 1760. The van der Waals surface area contributed by atoms with E-state index in [0.29, 0.717) is 59.7 Å². The van der Waals surface area contributed by atoms with Crippen molar-refractivity contribution in [2.24, 2.45) is 0 Å². The van der Waals surface area contributed by atoms with Crippen LogP contribution in [0.15, 0.2) is 55.1 Å². The van der Waals surface area contributed by atoms with Crippen LogP contribution in [0.2, 0.25) is 5.02 Å². The first kappa shape index (κ1) is 28.8. The van der Waals surface area contributed by atoms with Crippen molar-refractivity contribution in [1.82, 2.24) is 24.8 Å². The Kier molecular flexibility index (Phi) is 8.10. The zero-order valence-electron chi connectivity index (χ0n) is 23.8. The molecule has 11 heteroatoms. The van der Waals surface area contributed by atoms with Gasteiger partial charge in [-0.1, -0.05) is 42.4 Å². The van der Waals surface area contributed by atoms with E-state index in [4.69, 9.17) is 37.9 Å². The first-order valence-corrected chi connectivity index (χ1v) is 14.7. The fraction of sp³-hybridized carbons (Fsp3) is 0.344. The van der Waals surface area contributed by atoms with Gasteiger partial charge in [-0.05, 0) is 56.1 Å². The second-order valence-electron chi connectivity index (χ2n) is 10.9. The van der Waals surface area contributed by atoms with Gasteiger partial charge in [0, 0.05) is 36.6 Å². The quantitative estimate of drug-likeness (QED) is 0.213. The number of anilines is 1. The Morgan fingerprint density at radius 3 is 2.79 bits per heavy atom. The molecule has 2 aromatic heterocycles. The third-order valence-corrected chi connectivity index (χ3v) is 8.72. The molecule has 220 valence electrons. The molecule has 0 N–H and O–H groups in total. The zero-order valence-corrected chi connectivity index (χ0v) is 24.6. The van der Waals surface area contributed by atoms with Gasteiger partial charge < -0.3 is 24.3 Å². The summed E-state index contributed by atoms with van der Waals surface area (Å²) in [5, 5.41) is 2.13. The number of amides is 1. The van der Waals surface area contributed by atoms with E-state index in [1.807, 2.05) is 30.3 Å². The van der Waals surface area contributed by atoms with Gasteiger partial charge in [0.05, 0.1) is 16.1 Å². The maximum Gasteiger partial charge on any atom is 0.320 e. The number of carbonyl (C=O) groups excluding carboxylic acids is 1. The second-order valence-corrected chi connectivity index (χ2v) is 11.3. The van der Waals surface area contributed by atoms with Crippen molar-refractivity contribution in [3.05, 3.63) is 77.4 Å². The predicted molar refractivity (Wildman–Crippen MR) is 166 cm³/mol. The van der Waals surface area contributed by atoms with E-state index in [1.54, 1.807) is 11.0 Å². The van der Waals surface area contributed by atoms with Crippen LogP contribution in [0.3, 0.4) is 0 Å². The molecule has 9 nitrogen and oxygen atoms in total. The molecular weight excluding hydrogens is 569 g/mol. The van der Waals surface area contributed by atoms with E-state index in [9.17, 15) is 9.18 Å². The predicted octanol–water partition coefficient (Wildman–Crippen LogP) is 5.23. The number of likely N-dealkylation sites (tertiary alicyclic amines) is 1. The van der Waals surface area contributed by atoms with Crippen molar-refractivity contribution in [1.29, 1.82) is 0 Å². The Morgan fingerprint density at radius 1 is 1.16 bits per heavy atom. The summed E-state index contributed by atoms with van der Waals surface area (Å²) in [4.78, 5) is 36.6. The number of benzene rings is 2. The van der Waals surface area contributed by atoms with Gasteiger partial charge in [0.25, 0.3) is 0 Å². The number of nitrogens with zero attached hydrogens (tertiary/aromatic N) is 7. The standard InChI is InChI=1S/C32H31ClFN7O2/c1-4-27(42)41-16-15-40(18-22(41)17-35-2)31-24-11-13-26(23-9-5-7-20-10-12-25(34)29(33)28(20)23)36-30(24)37-32(38-31)43-19-21-8-6-14-39(21)3/h4-5,7,9-13,21-22H,1,6,8,14-19H2,3H3/t21-,22-/m0/s1. The second kappa shape index (κ2) is 12.1. The van der Waals surface area contributed by atoms with Crippen LogP contribution in [0.25, 0.3) is 37.9 Å². The Morgan fingerprint density at radius 2 is 2.02 bits per heavy atom. The monoisotopic (exact) mass is 599 g/mol. The average molecular weight is 600 g/mol. The summed E-state index contributed by atoms with van der Waals surface area (Å²) in [6.45, 7) is 14.1. The molecule has 1 amide bonds. The normalized spacial score (nSPS) is 19.1. The lowest BCUT2D eigenvalue weighted by Gasteiger charge is -2.39. The van der Waals surface area contributed by atoms with Gasteiger partial charge >= 0.3 is 6.01 Å². The summed E-state index contributed by atoms with van der Waals surface area (Å²) < 4.78 is 20.7. The molecule has 4 aromatic rings. The molecule has 2 saturated heterocycles. The number of piperazine rings is 1. The van der Waals surface area contributed by atoms with Gasteiger partial charge in [0.15, 0.2) is 5.65 Å². The van der Waals surface area contributed by atoms with Gasteiger partial charge in [-0.15, -0.1) is 0 Å². The summed E-state index contributed by atoms with van der Waals surface area (Å²) in [5.41, 5.74) is 1.70. The van der Waals surface area contributed by atoms with E-state index in [0.717, 1.165) is 24.8 Å². The molecule has 2 aliphatic rings. The molecule has 4 heterocycles. The number of carbonyl (C=O) groups is 1. The molecule has 2 fully saturated rings. The number of hydrogen-bond acceptors (Lipinski definition) is 7. The molecule has 0 saturated carbocycles. The number of aromatic nitrogens is 3. The van der Waals surface area contributed by atoms with Crippen LogP contribution < -0.4 is 9.64 Å². The van der Waals surface area contributed by atoms with Crippen molar-refractivity contribution in [3.8, 4) is 17.3 Å². The van der Waals surface area contributed by atoms with Crippen molar-refractivity contribution in [2.75, 3.05) is 51.3 Å². The van der Waals surface area contributed by atoms with Crippen LogP contribution in [0.5, 0.6) is 6.01 Å². The van der Waals surface area contributed by atoms with E-state index in [-0.39, 0.29) is 35.6 Å². The van der Waals surface area contributed by atoms with Gasteiger partial charge in [-0.3, -0.25) is 4.79 Å². The molecule has 0 spiro atoms. The lowest BCUT2D eigenvalue weighted by atomic mass is 10.0. The SMILES string of the molecule is [C-]#[N+]C[C@H]1CN(c2nc(OC[C@@H]3CCCN3C)nc3nc(-c4cccc5ccc(F)c(Cl)c45)ccc23)CCN1C(=O)C=C. The van der Waals surface area contributed by atoms with Crippen molar-refractivity contribution < 1.29 is 13.9 Å². The van der Waals surface area contributed by atoms with E-state index < -0.39 is 5.82 Å². The number of pyridine rings is 1. The van der Waals surface area contributed by atoms with Crippen LogP contribution in [-0.2, 0) is 4.79 Å². The van der Waals surface area contributed by atoms with E-state index >= 15 is 0 Å². The highest BCUT2D eigenvalue weighted by atomic mass is 35.5. The molecule has 2 atom stereocenters. The summed E-state index contributed by atoms with van der Waals surface area (Å²) in [7, 11) is 2.08. The zero-order chi connectivity index (χ0) is 30.1. The summed E-state index contributed by atoms with van der Waals surface area (Å²) in [5.74, 6) is -0.0637. The lowest BCUT2D eigenvalue weighted by Crippen LogP contribution is -2.56. The largest absolute Gasteiger partial charge is 0.462 e. The Balaban J connectivity index is 1.43. The Hall–Kier alpha value is -4.33. The van der Waals surface area contributed by atoms with Gasteiger partial charge in [-0.2, -0.15) is 9.97 Å². The molecule has 6 rings (SSSR count). The van der Waals surface area contributed by atoms with Gasteiger partial charge in [0.2, 0.25) is 12.5 Å². The molecule has 0 bridgehead atoms. The highest BCUT2D eigenvalue weighted by Gasteiger charge is 2.33.